The lowest BCUT2D eigenvalue weighted by atomic mass is 10.1. The monoisotopic (exact) mass is 337 g/mol. The molecule has 130 valence electrons. The minimum atomic E-state index is -0.281. The molecular formula is C21H23NO3. The van der Waals surface area contributed by atoms with Crippen molar-refractivity contribution in [3.63, 3.8) is 0 Å². The van der Waals surface area contributed by atoms with Gasteiger partial charge in [-0.05, 0) is 44.0 Å². The zero-order chi connectivity index (χ0) is 17.8. The van der Waals surface area contributed by atoms with E-state index in [4.69, 9.17) is 9.47 Å². The number of nitrogens with zero attached hydrogens (tertiary/aromatic N) is 1. The van der Waals surface area contributed by atoms with Crippen molar-refractivity contribution in [2.75, 3.05) is 13.7 Å². The van der Waals surface area contributed by atoms with E-state index in [2.05, 4.69) is 16.7 Å². The molecule has 2 aromatic carbocycles. The normalized spacial score (nSPS) is 10.8. The summed E-state index contributed by atoms with van der Waals surface area (Å²) in [5, 5.41) is 0.878. The molecule has 3 rings (SSSR count). The van der Waals surface area contributed by atoms with Crippen LogP contribution in [0.5, 0.6) is 5.75 Å². The lowest BCUT2D eigenvalue weighted by Gasteiger charge is -2.09. The minimum Gasteiger partial charge on any atom is -0.497 e. The van der Waals surface area contributed by atoms with Crippen LogP contribution in [0.3, 0.4) is 0 Å². The van der Waals surface area contributed by atoms with Crippen LogP contribution >= 0.6 is 0 Å². The Labute approximate surface area is 148 Å². The van der Waals surface area contributed by atoms with Gasteiger partial charge >= 0.3 is 5.97 Å². The van der Waals surface area contributed by atoms with Crippen molar-refractivity contribution in [2.45, 2.75) is 26.8 Å². The number of carbonyl (C=O) groups excluding carboxylic acids is 1. The molecule has 0 bridgehead atoms. The quantitative estimate of drug-likeness (QED) is 0.627. The van der Waals surface area contributed by atoms with Crippen molar-refractivity contribution >= 4 is 16.9 Å². The van der Waals surface area contributed by atoms with Crippen LogP contribution in [-0.4, -0.2) is 24.3 Å². The third kappa shape index (κ3) is 3.38. The Morgan fingerprint density at radius 1 is 1.12 bits per heavy atom. The van der Waals surface area contributed by atoms with E-state index < -0.39 is 0 Å². The number of aromatic nitrogens is 1. The number of aryl methyl sites for hydroxylation is 2. The van der Waals surface area contributed by atoms with Crippen LogP contribution in [0.2, 0.25) is 0 Å². The van der Waals surface area contributed by atoms with Gasteiger partial charge in [-0.1, -0.05) is 30.3 Å². The molecule has 1 heterocycles. The fourth-order valence-electron chi connectivity index (χ4n) is 3.22. The molecule has 0 saturated heterocycles. The summed E-state index contributed by atoms with van der Waals surface area (Å²) in [5.74, 6) is 0.454. The van der Waals surface area contributed by atoms with Gasteiger partial charge in [0.15, 0.2) is 0 Å². The van der Waals surface area contributed by atoms with Crippen molar-refractivity contribution in [1.82, 2.24) is 4.57 Å². The number of esters is 1. The zero-order valence-corrected chi connectivity index (χ0v) is 14.9. The number of fused-ring (bicyclic) bond motifs is 1. The zero-order valence-electron chi connectivity index (χ0n) is 14.9. The van der Waals surface area contributed by atoms with Gasteiger partial charge in [-0.3, -0.25) is 0 Å². The van der Waals surface area contributed by atoms with E-state index in [1.54, 1.807) is 7.11 Å². The van der Waals surface area contributed by atoms with Gasteiger partial charge in [-0.25, -0.2) is 4.79 Å². The summed E-state index contributed by atoms with van der Waals surface area (Å²) in [4.78, 5) is 12.5. The molecule has 0 aliphatic heterocycles. The number of methoxy groups -OCH3 is 1. The first-order valence-corrected chi connectivity index (χ1v) is 8.53. The third-order valence-electron chi connectivity index (χ3n) is 4.48. The van der Waals surface area contributed by atoms with Gasteiger partial charge in [0.05, 0.1) is 19.3 Å². The highest BCUT2D eigenvalue weighted by Crippen LogP contribution is 2.30. The number of hydrogen-bond acceptors (Lipinski definition) is 3. The highest BCUT2D eigenvalue weighted by Gasteiger charge is 2.21. The van der Waals surface area contributed by atoms with Crippen molar-refractivity contribution in [2.24, 2.45) is 0 Å². The van der Waals surface area contributed by atoms with Crippen molar-refractivity contribution in [3.05, 3.63) is 65.4 Å². The number of carbonyl (C=O) groups is 1. The molecule has 0 unspecified atom stereocenters. The highest BCUT2D eigenvalue weighted by molar-refractivity contribution is 6.06. The predicted molar refractivity (Wildman–Crippen MR) is 99.3 cm³/mol. The van der Waals surface area contributed by atoms with Gasteiger partial charge in [0.25, 0.3) is 0 Å². The molecule has 0 saturated carbocycles. The van der Waals surface area contributed by atoms with Gasteiger partial charge in [0.2, 0.25) is 0 Å². The van der Waals surface area contributed by atoms with Crippen LogP contribution in [-0.2, 0) is 17.7 Å². The van der Waals surface area contributed by atoms with Crippen molar-refractivity contribution in [3.8, 4) is 5.75 Å². The van der Waals surface area contributed by atoms with Gasteiger partial charge in [0.1, 0.15) is 5.75 Å². The van der Waals surface area contributed by atoms with E-state index in [0.717, 1.165) is 35.3 Å². The maximum absolute atomic E-state index is 12.5. The fourth-order valence-corrected chi connectivity index (χ4v) is 3.22. The Bertz CT molecular complexity index is 881. The van der Waals surface area contributed by atoms with Gasteiger partial charge in [-0.15, -0.1) is 0 Å². The number of benzene rings is 2. The summed E-state index contributed by atoms with van der Waals surface area (Å²) in [5.41, 5.74) is 3.86. The van der Waals surface area contributed by atoms with Gasteiger partial charge in [0, 0.05) is 23.1 Å². The largest absolute Gasteiger partial charge is 0.497 e. The third-order valence-corrected chi connectivity index (χ3v) is 4.48. The standard InChI is InChI=1S/C21H23NO3/c1-4-25-21(23)20-15(2)22(13-12-16-8-6-5-7-9-16)19-11-10-17(24-3)14-18(19)20/h5-11,14H,4,12-13H2,1-3H3. The predicted octanol–water partition coefficient (Wildman–Crippen LogP) is 4.38. The van der Waals surface area contributed by atoms with Crippen LogP contribution in [0, 0.1) is 6.92 Å². The Hall–Kier alpha value is -2.75. The van der Waals surface area contributed by atoms with Gasteiger partial charge < -0.3 is 14.0 Å². The van der Waals surface area contributed by atoms with Crippen molar-refractivity contribution < 1.29 is 14.3 Å². The maximum atomic E-state index is 12.5. The van der Waals surface area contributed by atoms with Crippen molar-refractivity contribution in [1.29, 1.82) is 0 Å². The van der Waals surface area contributed by atoms with E-state index in [9.17, 15) is 4.79 Å². The average molecular weight is 337 g/mol. The molecule has 0 fully saturated rings. The van der Waals surface area contributed by atoms with Gasteiger partial charge in [-0.2, -0.15) is 0 Å². The smallest absolute Gasteiger partial charge is 0.340 e. The second kappa shape index (κ2) is 7.43. The minimum absolute atomic E-state index is 0.281. The highest BCUT2D eigenvalue weighted by atomic mass is 16.5. The van der Waals surface area contributed by atoms with Crippen LogP contribution < -0.4 is 4.74 Å². The maximum Gasteiger partial charge on any atom is 0.340 e. The summed E-state index contributed by atoms with van der Waals surface area (Å²) < 4.78 is 12.8. The first kappa shape index (κ1) is 17.1. The molecule has 3 aromatic rings. The topological polar surface area (TPSA) is 40.5 Å². The van der Waals surface area contributed by atoms with Crippen LogP contribution in [0.25, 0.3) is 10.9 Å². The van der Waals surface area contributed by atoms with Crippen LogP contribution in [0.15, 0.2) is 48.5 Å². The van der Waals surface area contributed by atoms with E-state index in [1.807, 2.05) is 50.2 Å². The second-order valence-corrected chi connectivity index (χ2v) is 5.95. The lowest BCUT2D eigenvalue weighted by Crippen LogP contribution is -2.08. The first-order chi connectivity index (χ1) is 12.2. The summed E-state index contributed by atoms with van der Waals surface area (Å²) in [6.07, 6.45) is 0.903. The summed E-state index contributed by atoms with van der Waals surface area (Å²) >= 11 is 0. The van der Waals surface area contributed by atoms with Crippen LogP contribution in [0.1, 0.15) is 28.5 Å². The molecule has 4 nitrogen and oxygen atoms in total. The number of hydrogen-bond donors (Lipinski definition) is 0. The van der Waals surface area contributed by atoms with E-state index in [0.29, 0.717) is 12.2 Å². The molecule has 0 atom stereocenters. The Kier molecular flexibility index (Phi) is 5.08. The molecule has 0 spiro atoms. The average Bonchev–Trinajstić information content (AvgIpc) is 2.91. The Morgan fingerprint density at radius 2 is 1.88 bits per heavy atom. The Balaban J connectivity index is 2.05. The van der Waals surface area contributed by atoms with E-state index in [1.165, 1.54) is 5.56 Å². The molecule has 0 N–H and O–H groups in total. The summed E-state index contributed by atoms with van der Waals surface area (Å²) in [7, 11) is 1.63. The van der Waals surface area contributed by atoms with E-state index in [-0.39, 0.29) is 5.97 Å². The van der Waals surface area contributed by atoms with Crippen LogP contribution in [0.4, 0.5) is 0 Å². The summed E-state index contributed by atoms with van der Waals surface area (Å²) in [6, 6.07) is 16.2. The molecule has 4 heteroatoms. The Morgan fingerprint density at radius 3 is 2.56 bits per heavy atom. The molecule has 1 aromatic heterocycles. The number of rotatable bonds is 6. The molecule has 0 amide bonds. The van der Waals surface area contributed by atoms with E-state index >= 15 is 0 Å². The molecule has 25 heavy (non-hydrogen) atoms. The molecule has 0 aliphatic carbocycles. The summed E-state index contributed by atoms with van der Waals surface area (Å²) in [6.45, 7) is 4.96. The number of ether oxygens (including phenoxy) is 2. The second-order valence-electron chi connectivity index (χ2n) is 5.95. The molecule has 0 aliphatic rings. The molecular weight excluding hydrogens is 314 g/mol. The first-order valence-electron chi connectivity index (χ1n) is 8.53. The lowest BCUT2D eigenvalue weighted by molar-refractivity contribution is 0.0527. The molecule has 0 radical (unpaired) electrons. The fraction of sp³-hybridized carbons (Fsp3) is 0.286. The SMILES string of the molecule is CCOC(=O)c1c(C)n(CCc2ccccc2)c2ccc(OC)cc12.